The van der Waals surface area contributed by atoms with Gasteiger partial charge < -0.3 is 19.1 Å². The molecule has 0 radical (unpaired) electrons. The zero-order valence-electron chi connectivity index (χ0n) is 20.3. The quantitative estimate of drug-likeness (QED) is 0.343. The summed E-state index contributed by atoms with van der Waals surface area (Å²) in [5, 5.41) is 11.4. The van der Waals surface area contributed by atoms with Gasteiger partial charge in [-0.15, -0.1) is 0 Å². The predicted molar refractivity (Wildman–Crippen MR) is 140 cm³/mol. The maximum absolute atomic E-state index is 13.7. The molecule has 192 valence electrons. The van der Waals surface area contributed by atoms with Crippen LogP contribution in [0.5, 0.6) is 0 Å². The monoisotopic (exact) mass is 547 g/mol. The molecule has 2 aromatic carbocycles. The first-order valence-electron chi connectivity index (χ1n) is 11.6. The molecule has 4 aromatic rings. The maximum atomic E-state index is 13.7. The van der Waals surface area contributed by atoms with Gasteiger partial charge in [0.25, 0.3) is 5.56 Å². The molecular weight excluding hydrogens is 528 g/mol. The SMILES string of the molecule is CCOC(=O)C1=C(C)N=c2s/c(=C\c3ccc(-c4ccc(C(=O)[O-])cc4)o3)c(=O)n2C1c1ccccc1Cl. The number of rotatable bonds is 6. The van der Waals surface area contributed by atoms with Gasteiger partial charge in [0.15, 0.2) is 4.80 Å². The van der Waals surface area contributed by atoms with Gasteiger partial charge in [-0.2, -0.15) is 0 Å². The fourth-order valence-corrected chi connectivity index (χ4v) is 5.53. The number of furan rings is 1. The number of halogens is 1. The van der Waals surface area contributed by atoms with Gasteiger partial charge >= 0.3 is 5.97 Å². The number of ether oxygens (including phenoxy) is 1. The Kier molecular flexibility index (Phi) is 6.88. The first-order valence-corrected chi connectivity index (χ1v) is 12.8. The highest BCUT2D eigenvalue weighted by Crippen LogP contribution is 2.34. The molecule has 0 saturated heterocycles. The number of nitrogens with zero attached hydrogens (tertiary/aromatic N) is 2. The summed E-state index contributed by atoms with van der Waals surface area (Å²) in [5.41, 5.74) is 1.65. The third-order valence-electron chi connectivity index (χ3n) is 6.02. The van der Waals surface area contributed by atoms with Crippen LogP contribution >= 0.6 is 22.9 Å². The molecule has 0 amide bonds. The summed E-state index contributed by atoms with van der Waals surface area (Å²) >= 11 is 7.69. The number of carbonyl (C=O) groups excluding carboxylic acids is 2. The number of aromatic nitrogens is 1. The molecule has 1 unspecified atom stereocenters. The minimum absolute atomic E-state index is 0.0622. The van der Waals surface area contributed by atoms with Gasteiger partial charge in [-0.3, -0.25) is 9.36 Å². The van der Waals surface area contributed by atoms with E-state index >= 15 is 0 Å². The Labute approximate surface area is 225 Å². The third-order valence-corrected chi connectivity index (χ3v) is 7.35. The summed E-state index contributed by atoms with van der Waals surface area (Å²) < 4.78 is 13.0. The van der Waals surface area contributed by atoms with Crippen LogP contribution in [0.2, 0.25) is 5.02 Å². The number of thiazole rings is 1. The molecule has 2 aromatic heterocycles. The summed E-state index contributed by atoms with van der Waals surface area (Å²) in [7, 11) is 0. The molecule has 0 fully saturated rings. The largest absolute Gasteiger partial charge is 0.545 e. The van der Waals surface area contributed by atoms with Gasteiger partial charge in [-0.1, -0.05) is 65.4 Å². The lowest BCUT2D eigenvalue weighted by Crippen LogP contribution is -2.40. The van der Waals surface area contributed by atoms with Crippen molar-refractivity contribution in [2.45, 2.75) is 19.9 Å². The lowest BCUT2D eigenvalue weighted by atomic mass is 9.96. The molecule has 0 bridgehead atoms. The first-order chi connectivity index (χ1) is 18.3. The van der Waals surface area contributed by atoms with Crippen LogP contribution in [0.3, 0.4) is 0 Å². The van der Waals surface area contributed by atoms with E-state index in [0.717, 1.165) is 0 Å². The van der Waals surface area contributed by atoms with Crippen molar-refractivity contribution in [3.05, 3.63) is 114 Å². The fraction of sp³-hybridized carbons (Fsp3) is 0.143. The second-order valence-corrected chi connectivity index (χ2v) is 9.81. The van der Waals surface area contributed by atoms with Gasteiger partial charge in [0.1, 0.15) is 17.6 Å². The minimum atomic E-state index is -1.26. The number of allylic oxidation sites excluding steroid dienone is 1. The highest BCUT2D eigenvalue weighted by molar-refractivity contribution is 7.07. The van der Waals surface area contributed by atoms with Crippen molar-refractivity contribution >= 4 is 41.0 Å². The smallest absolute Gasteiger partial charge is 0.338 e. The van der Waals surface area contributed by atoms with Crippen molar-refractivity contribution in [1.82, 2.24) is 4.57 Å². The van der Waals surface area contributed by atoms with Crippen LogP contribution in [0.25, 0.3) is 17.4 Å². The Hall–Kier alpha value is -4.21. The molecule has 0 aliphatic carbocycles. The summed E-state index contributed by atoms with van der Waals surface area (Å²) in [6, 6.07) is 15.8. The van der Waals surface area contributed by atoms with Gasteiger partial charge in [-0.25, -0.2) is 9.79 Å². The number of hydrogen-bond donors (Lipinski definition) is 0. The molecule has 10 heteroatoms. The number of aromatic carboxylic acids is 1. The lowest BCUT2D eigenvalue weighted by Gasteiger charge is -2.25. The Morgan fingerprint density at radius 1 is 1.16 bits per heavy atom. The van der Waals surface area contributed by atoms with Crippen molar-refractivity contribution in [3.8, 4) is 11.3 Å². The number of fused-ring (bicyclic) bond motifs is 1. The molecule has 1 atom stereocenters. The number of benzene rings is 2. The fourth-order valence-electron chi connectivity index (χ4n) is 4.27. The molecule has 0 N–H and O–H groups in total. The third kappa shape index (κ3) is 4.62. The van der Waals surface area contributed by atoms with Crippen LogP contribution in [-0.4, -0.2) is 23.1 Å². The van der Waals surface area contributed by atoms with E-state index in [1.807, 2.05) is 0 Å². The van der Waals surface area contributed by atoms with E-state index in [9.17, 15) is 19.5 Å². The molecule has 1 aliphatic rings. The van der Waals surface area contributed by atoms with E-state index in [1.54, 1.807) is 68.5 Å². The number of carbonyl (C=O) groups is 2. The Morgan fingerprint density at radius 2 is 1.89 bits per heavy atom. The molecule has 1 aliphatic heterocycles. The van der Waals surface area contributed by atoms with Crippen molar-refractivity contribution in [2.75, 3.05) is 6.61 Å². The second kappa shape index (κ2) is 10.3. The van der Waals surface area contributed by atoms with E-state index in [1.165, 1.54) is 28.0 Å². The first kappa shape index (κ1) is 25.4. The van der Waals surface area contributed by atoms with Gasteiger partial charge in [0.2, 0.25) is 0 Å². The van der Waals surface area contributed by atoms with Crippen molar-refractivity contribution in [2.24, 2.45) is 4.99 Å². The van der Waals surface area contributed by atoms with Crippen molar-refractivity contribution in [3.63, 3.8) is 0 Å². The summed E-state index contributed by atoms with van der Waals surface area (Å²) in [5.74, 6) is -0.898. The van der Waals surface area contributed by atoms with Crippen LogP contribution in [0.4, 0.5) is 0 Å². The van der Waals surface area contributed by atoms with E-state index in [-0.39, 0.29) is 23.3 Å². The molecule has 0 saturated carbocycles. The highest BCUT2D eigenvalue weighted by atomic mass is 35.5. The summed E-state index contributed by atoms with van der Waals surface area (Å²) in [6.45, 7) is 3.59. The lowest BCUT2D eigenvalue weighted by molar-refractivity contribution is -0.255. The van der Waals surface area contributed by atoms with E-state index in [4.69, 9.17) is 20.8 Å². The summed E-state index contributed by atoms with van der Waals surface area (Å²) in [6.07, 6.45) is 1.61. The van der Waals surface area contributed by atoms with Gasteiger partial charge in [-0.05, 0) is 43.2 Å². The van der Waals surface area contributed by atoms with Crippen LogP contribution in [-0.2, 0) is 9.53 Å². The molecule has 8 nitrogen and oxygen atoms in total. The number of carboxylic acid groups (broad SMARTS) is 1. The molecule has 0 spiro atoms. The van der Waals surface area contributed by atoms with Crippen LogP contribution in [0, 0.1) is 0 Å². The van der Waals surface area contributed by atoms with Crippen molar-refractivity contribution in [1.29, 1.82) is 0 Å². The Morgan fingerprint density at radius 3 is 2.58 bits per heavy atom. The normalized spacial score (nSPS) is 15.2. The zero-order valence-corrected chi connectivity index (χ0v) is 21.8. The molecular formula is C28H20ClN2O6S-. The maximum Gasteiger partial charge on any atom is 0.338 e. The second-order valence-electron chi connectivity index (χ2n) is 8.39. The van der Waals surface area contributed by atoms with Crippen LogP contribution in [0.15, 0.2) is 86.1 Å². The van der Waals surface area contributed by atoms with Gasteiger partial charge in [0, 0.05) is 16.7 Å². The van der Waals surface area contributed by atoms with Crippen LogP contribution < -0.4 is 20.0 Å². The topological polar surface area (TPSA) is 114 Å². The number of hydrogen-bond acceptors (Lipinski definition) is 8. The highest BCUT2D eigenvalue weighted by Gasteiger charge is 2.34. The summed E-state index contributed by atoms with van der Waals surface area (Å²) in [4.78, 5) is 42.6. The zero-order chi connectivity index (χ0) is 27.0. The van der Waals surface area contributed by atoms with Crippen LogP contribution in [0.1, 0.15) is 41.6 Å². The predicted octanol–water partition coefficient (Wildman–Crippen LogP) is 3.08. The van der Waals surface area contributed by atoms with Crippen molar-refractivity contribution < 1.29 is 23.8 Å². The Bertz CT molecular complexity index is 1780. The average Bonchev–Trinajstić information content (AvgIpc) is 3.48. The standard InChI is InChI=1S/C28H21ClN2O6S/c1-3-36-27(35)23-15(2)30-28-31(24(23)19-6-4-5-7-20(19)29)25(32)22(38-28)14-18-12-13-21(37-18)16-8-10-17(11-9-16)26(33)34/h4-14,24H,3H2,1-2H3,(H,33,34)/p-1/b22-14-. The average molecular weight is 548 g/mol. The molecule has 5 rings (SSSR count). The molecule has 38 heavy (non-hydrogen) atoms. The number of carboxylic acids is 1. The van der Waals surface area contributed by atoms with E-state index in [2.05, 4.69) is 4.99 Å². The van der Waals surface area contributed by atoms with Gasteiger partial charge in [0.05, 0.1) is 28.4 Å². The van der Waals surface area contributed by atoms with E-state index < -0.39 is 18.0 Å². The number of esters is 1. The Balaban J connectivity index is 1.61. The van der Waals surface area contributed by atoms with E-state index in [0.29, 0.717) is 42.7 Å². The minimum Gasteiger partial charge on any atom is -0.545 e. The molecule has 3 heterocycles.